The van der Waals surface area contributed by atoms with Crippen molar-refractivity contribution in [2.24, 2.45) is 11.8 Å². The number of aromatic nitrogens is 1. The predicted molar refractivity (Wildman–Crippen MR) is 112 cm³/mol. The summed E-state index contributed by atoms with van der Waals surface area (Å²) in [4.78, 5) is 6.97. The second kappa shape index (κ2) is 8.78. The number of aromatic hydroxyl groups is 1. The van der Waals surface area contributed by atoms with Crippen LogP contribution in [0.15, 0.2) is 53.3 Å². The molecule has 0 aliphatic carbocycles. The Bertz CT molecular complexity index is 891. The fourth-order valence-electron chi connectivity index (χ4n) is 4.73. The second-order valence-electron chi connectivity index (χ2n) is 8.10. The summed E-state index contributed by atoms with van der Waals surface area (Å²) in [6.07, 6.45) is 9.68. The van der Waals surface area contributed by atoms with E-state index in [2.05, 4.69) is 28.9 Å². The van der Waals surface area contributed by atoms with E-state index in [-0.39, 0.29) is 0 Å². The van der Waals surface area contributed by atoms with Gasteiger partial charge in [0.25, 0.3) is 0 Å². The van der Waals surface area contributed by atoms with Gasteiger partial charge in [0, 0.05) is 18.1 Å². The second-order valence-corrected chi connectivity index (χ2v) is 8.10. The highest BCUT2D eigenvalue weighted by Gasteiger charge is 2.28. The van der Waals surface area contributed by atoms with Crippen molar-refractivity contribution in [1.29, 1.82) is 0 Å². The topological polar surface area (TPSA) is 49.5 Å². The number of pyridine rings is 1. The quantitative estimate of drug-likeness (QED) is 0.598. The minimum Gasteiger partial charge on any atom is -0.508 e. The van der Waals surface area contributed by atoms with Gasteiger partial charge in [-0.1, -0.05) is 13.3 Å². The monoisotopic (exact) mass is 378 g/mol. The first kappa shape index (κ1) is 19.0. The highest BCUT2D eigenvalue weighted by atomic mass is 16.3. The lowest BCUT2D eigenvalue weighted by Gasteiger charge is -2.38. The Balaban J connectivity index is 1.33. The number of hydrogen-bond donors (Lipinski definition) is 1. The number of piperidine rings is 1. The van der Waals surface area contributed by atoms with E-state index in [0.717, 1.165) is 48.0 Å². The van der Waals surface area contributed by atoms with Crippen LogP contribution in [-0.4, -0.2) is 28.1 Å². The van der Waals surface area contributed by atoms with E-state index < -0.39 is 0 Å². The third kappa shape index (κ3) is 4.39. The third-order valence-electron chi connectivity index (χ3n) is 6.30. The molecule has 0 saturated carbocycles. The summed E-state index contributed by atoms with van der Waals surface area (Å²) >= 11 is 0. The van der Waals surface area contributed by atoms with Crippen molar-refractivity contribution in [2.75, 3.05) is 13.1 Å². The van der Waals surface area contributed by atoms with Gasteiger partial charge in [0.2, 0.25) is 0 Å². The van der Waals surface area contributed by atoms with Crippen LogP contribution >= 0.6 is 0 Å². The average molecular weight is 379 g/mol. The standard InChI is InChI=1S/C24H30N2O2/c1-2-18-16-26(17-22-7-4-14-28-22)13-11-19(18)5-3-6-20-10-12-25-24-9-8-21(27)15-23(20)24/h4,7-10,12,14-15,18-19,27H,2-3,5-6,11,13,16-17H2,1H3/t18-,19+/m0/s1. The molecule has 148 valence electrons. The van der Waals surface area contributed by atoms with Crippen molar-refractivity contribution >= 4 is 10.9 Å². The molecule has 4 rings (SSSR count). The Hall–Kier alpha value is -2.33. The van der Waals surface area contributed by atoms with Gasteiger partial charge in [-0.2, -0.15) is 0 Å². The zero-order chi connectivity index (χ0) is 19.3. The molecule has 0 unspecified atom stereocenters. The number of rotatable bonds is 7. The van der Waals surface area contributed by atoms with Gasteiger partial charge in [-0.15, -0.1) is 0 Å². The van der Waals surface area contributed by atoms with Gasteiger partial charge in [0.15, 0.2) is 0 Å². The molecule has 3 aromatic rings. The average Bonchev–Trinajstić information content (AvgIpc) is 3.22. The lowest BCUT2D eigenvalue weighted by atomic mass is 9.80. The summed E-state index contributed by atoms with van der Waals surface area (Å²) in [5.41, 5.74) is 2.26. The minimum absolute atomic E-state index is 0.316. The molecule has 1 saturated heterocycles. The molecule has 1 fully saturated rings. The summed E-state index contributed by atoms with van der Waals surface area (Å²) in [5, 5.41) is 10.9. The van der Waals surface area contributed by atoms with Crippen LogP contribution in [0.5, 0.6) is 5.75 Å². The van der Waals surface area contributed by atoms with Crippen molar-refractivity contribution in [3.63, 3.8) is 0 Å². The van der Waals surface area contributed by atoms with Crippen molar-refractivity contribution in [3.05, 3.63) is 60.2 Å². The molecule has 0 radical (unpaired) electrons. The first-order chi connectivity index (χ1) is 13.7. The summed E-state index contributed by atoms with van der Waals surface area (Å²) in [5.74, 6) is 2.96. The van der Waals surface area contributed by atoms with Crippen LogP contribution in [-0.2, 0) is 13.0 Å². The molecule has 3 heterocycles. The molecule has 0 amide bonds. The molecule has 1 N–H and O–H groups in total. The Kier molecular flexibility index (Phi) is 5.96. The molecule has 4 heteroatoms. The lowest BCUT2D eigenvalue weighted by Crippen LogP contribution is -2.39. The smallest absolute Gasteiger partial charge is 0.117 e. The van der Waals surface area contributed by atoms with E-state index in [1.165, 1.54) is 37.8 Å². The van der Waals surface area contributed by atoms with Gasteiger partial charge < -0.3 is 9.52 Å². The molecule has 0 spiro atoms. The summed E-state index contributed by atoms with van der Waals surface area (Å²) in [6.45, 7) is 5.60. The highest BCUT2D eigenvalue weighted by molar-refractivity contribution is 5.83. The van der Waals surface area contributed by atoms with Crippen LogP contribution in [0, 0.1) is 11.8 Å². The van der Waals surface area contributed by atoms with Gasteiger partial charge in [0.05, 0.1) is 18.3 Å². The van der Waals surface area contributed by atoms with Crippen LogP contribution in [0.25, 0.3) is 10.9 Å². The predicted octanol–water partition coefficient (Wildman–Crippen LogP) is 5.40. The number of furan rings is 1. The fourth-order valence-corrected chi connectivity index (χ4v) is 4.73. The van der Waals surface area contributed by atoms with E-state index in [4.69, 9.17) is 4.42 Å². The SMILES string of the molecule is CC[C@H]1CN(Cc2ccco2)CC[C@H]1CCCc1ccnc2ccc(O)cc12. The van der Waals surface area contributed by atoms with Gasteiger partial charge >= 0.3 is 0 Å². The molecule has 4 nitrogen and oxygen atoms in total. The first-order valence-corrected chi connectivity index (χ1v) is 10.5. The number of phenols is 1. The van der Waals surface area contributed by atoms with Gasteiger partial charge in [-0.3, -0.25) is 9.88 Å². The van der Waals surface area contributed by atoms with E-state index in [1.54, 1.807) is 12.3 Å². The molecule has 2 aromatic heterocycles. The molecule has 1 aliphatic heterocycles. The maximum Gasteiger partial charge on any atom is 0.117 e. The van der Waals surface area contributed by atoms with Crippen molar-refractivity contribution in [2.45, 2.75) is 45.6 Å². The van der Waals surface area contributed by atoms with Gasteiger partial charge in [0.1, 0.15) is 11.5 Å². The minimum atomic E-state index is 0.316. The van der Waals surface area contributed by atoms with Crippen LogP contribution in [0.3, 0.4) is 0 Å². The van der Waals surface area contributed by atoms with Crippen molar-refractivity contribution in [3.8, 4) is 5.75 Å². The van der Waals surface area contributed by atoms with Crippen molar-refractivity contribution in [1.82, 2.24) is 9.88 Å². The zero-order valence-electron chi connectivity index (χ0n) is 16.7. The van der Waals surface area contributed by atoms with E-state index >= 15 is 0 Å². The third-order valence-corrected chi connectivity index (χ3v) is 6.30. The molecular formula is C24H30N2O2. The van der Waals surface area contributed by atoms with Crippen LogP contribution < -0.4 is 0 Å². The lowest BCUT2D eigenvalue weighted by molar-refractivity contribution is 0.0979. The Morgan fingerprint density at radius 2 is 2.14 bits per heavy atom. The molecule has 1 aliphatic rings. The maximum atomic E-state index is 9.83. The normalized spacial score (nSPS) is 20.6. The van der Waals surface area contributed by atoms with E-state index in [0.29, 0.717) is 5.75 Å². The van der Waals surface area contributed by atoms with Crippen LogP contribution in [0.4, 0.5) is 0 Å². The number of hydrogen-bond acceptors (Lipinski definition) is 4. The molecule has 1 aromatic carbocycles. The number of likely N-dealkylation sites (tertiary alicyclic amines) is 1. The Labute approximate surface area is 167 Å². The van der Waals surface area contributed by atoms with Crippen LogP contribution in [0.1, 0.15) is 43.9 Å². The summed E-state index contributed by atoms with van der Waals surface area (Å²) < 4.78 is 5.52. The fraction of sp³-hybridized carbons (Fsp3) is 0.458. The summed E-state index contributed by atoms with van der Waals surface area (Å²) in [7, 11) is 0. The largest absolute Gasteiger partial charge is 0.508 e. The van der Waals surface area contributed by atoms with Crippen molar-refractivity contribution < 1.29 is 9.52 Å². The molecule has 28 heavy (non-hydrogen) atoms. The number of aryl methyl sites for hydroxylation is 1. The molecule has 0 bridgehead atoms. The number of phenolic OH excluding ortho intramolecular Hbond substituents is 1. The molecule has 2 atom stereocenters. The van der Waals surface area contributed by atoms with E-state index in [1.807, 2.05) is 24.4 Å². The first-order valence-electron chi connectivity index (χ1n) is 10.5. The van der Waals surface area contributed by atoms with Gasteiger partial charge in [-0.05, 0) is 86.0 Å². The molecular weight excluding hydrogens is 348 g/mol. The van der Waals surface area contributed by atoms with Gasteiger partial charge in [-0.25, -0.2) is 0 Å². The number of benzene rings is 1. The highest BCUT2D eigenvalue weighted by Crippen LogP contribution is 2.32. The Morgan fingerprint density at radius 1 is 1.21 bits per heavy atom. The summed E-state index contributed by atoms with van der Waals surface area (Å²) in [6, 6.07) is 11.6. The maximum absolute atomic E-state index is 9.83. The zero-order valence-corrected chi connectivity index (χ0v) is 16.7. The number of fused-ring (bicyclic) bond motifs is 1. The van der Waals surface area contributed by atoms with E-state index in [9.17, 15) is 5.11 Å². The number of nitrogens with zero attached hydrogens (tertiary/aromatic N) is 2. The Morgan fingerprint density at radius 3 is 2.96 bits per heavy atom. The van der Waals surface area contributed by atoms with Crippen LogP contribution in [0.2, 0.25) is 0 Å².